The minimum absolute atomic E-state index is 0.00794. The normalized spacial score (nSPS) is 10.3. The fourth-order valence-electron chi connectivity index (χ4n) is 1.88. The summed E-state index contributed by atoms with van der Waals surface area (Å²) in [7, 11) is 3.02. The first-order valence-electron chi connectivity index (χ1n) is 6.18. The van der Waals surface area contributed by atoms with Gasteiger partial charge in [-0.1, -0.05) is 15.9 Å². The van der Waals surface area contributed by atoms with Crippen LogP contribution in [0.15, 0.2) is 39.3 Å². The van der Waals surface area contributed by atoms with Gasteiger partial charge in [-0.2, -0.15) is 0 Å². The Morgan fingerprint density at radius 1 is 1.05 bits per heavy atom. The van der Waals surface area contributed by atoms with E-state index in [1.54, 1.807) is 12.1 Å². The second-order valence-corrected chi connectivity index (χ2v) is 6.10. The largest absolute Gasteiger partial charge is 0.502 e. The molecule has 4 nitrogen and oxygen atoms in total. The molecule has 0 aliphatic carbocycles. The Bertz CT molecular complexity index is 622. The van der Waals surface area contributed by atoms with Crippen molar-refractivity contribution in [3.63, 3.8) is 0 Å². The van der Waals surface area contributed by atoms with Crippen molar-refractivity contribution in [2.45, 2.75) is 6.54 Å². The first-order valence-corrected chi connectivity index (χ1v) is 7.76. The number of phenols is 1. The van der Waals surface area contributed by atoms with Crippen molar-refractivity contribution < 1.29 is 14.6 Å². The molecule has 0 atom stereocenters. The highest BCUT2D eigenvalue weighted by Crippen LogP contribution is 2.37. The van der Waals surface area contributed by atoms with Gasteiger partial charge in [0.15, 0.2) is 11.5 Å². The number of aromatic hydroxyl groups is 1. The van der Waals surface area contributed by atoms with Crippen molar-refractivity contribution in [2.75, 3.05) is 19.5 Å². The molecule has 21 heavy (non-hydrogen) atoms. The van der Waals surface area contributed by atoms with Crippen molar-refractivity contribution >= 4 is 37.5 Å². The summed E-state index contributed by atoms with van der Waals surface area (Å²) in [5, 5.41) is 13.2. The third-order valence-electron chi connectivity index (χ3n) is 2.95. The number of nitrogens with one attached hydrogen (secondary N) is 1. The lowest BCUT2D eigenvalue weighted by Gasteiger charge is -2.13. The molecule has 0 fully saturated rings. The molecule has 0 saturated carbocycles. The highest BCUT2D eigenvalue weighted by Gasteiger charge is 2.11. The molecule has 112 valence electrons. The lowest BCUT2D eigenvalue weighted by atomic mass is 10.1. The fourth-order valence-corrected chi connectivity index (χ4v) is 3.07. The number of rotatable bonds is 5. The van der Waals surface area contributed by atoms with Gasteiger partial charge in [0.25, 0.3) is 0 Å². The molecular formula is C15H15Br2NO3. The quantitative estimate of drug-likeness (QED) is 0.750. The van der Waals surface area contributed by atoms with Crippen LogP contribution in [0.5, 0.6) is 17.2 Å². The average Bonchev–Trinajstić information content (AvgIpc) is 2.47. The Hall–Kier alpha value is -1.40. The molecule has 2 aromatic rings. The lowest BCUT2D eigenvalue weighted by Crippen LogP contribution is -2.01. The zero-order valence-corrected chi connectivity index (χ0v) is 14.8. The molecule has 0 aliphatic rings. The zero-order chi connectivity index (χ0) is 15.4. The fraction of sp³-hybridized carbons (Fsp3) is 0.200. The molecule has 0 heterocycles. The summed E-state index contributed by atoms with van der Waals surface area (Å²) in [4.78, 5) is 0. The standard InChI is InChI=1S/C15H15Br2NO3/c1-20-13-5-9(6-14(21-2)15(13)19)8-18-12-4-3-10(16)7-11(12)17/h3-7,18-19H,8H2,1-2H3. The third kappa shape index (κ3) is 3.83. The van der Waals surface area contributed by atoms with E-state index in [4.69, 9.17) is 9.47 Å². The Morgan fingerprint density at radius 3 is 2.19 bits per heavy atom. The molecule has 2 aromatic carbocycles. The Kier molecular flexibility index (Phi) is 5.36. The number of hydrogen-bond acceptors (Lipinski definition) is 4. The van der Waals surface area contributed by atoms with Crippen molar-refractivity contribution in [2.24, 2.45) is 0 Å². The van der Waals surface area contributed by atoms with Crippen LogP contribution in [0.3, 0.4) is 0 Å². The monoisotopic (exact) mass is 415 g/mol. The predicted molar refractivity (Wildman–Crippen MR) is 90.4 cm³/mol. The van der Waals surface area contributed by atoms with E-state index in [-0.39, 0.29) is 5.75 Å². The van der Waals surface area contributed by atoms with Gasteiger partial charge >= 0.3 is 0 Å². The van der Waals surface area contributed by atoms with Crippen molar-refractivity contribution in [3.05, 3.63) is 44.8 Å². The van der Waals surface area contributed by atoms with Crippen LogP contribution in [0.25, 0.3) is 0 Å². The average molecular weight is 417 g/mol. The second-order valence-electron chi connectivity index (χ2n) is 4.33. The van der Waals surface area contributed by atoms with E-state index in [2.05, 4.69) is 37.2 Å². The summed E-state index contributed by atoms with van der Waals surface area (Å²) in [6.07, 6.45) is 0. The molecular weight excluding hydrogens is 402 g/mol. The molecule has 0 aliphatic heterocycles. The van der Waals surface area contributed by atoms with Gasteiger partial charge in [0.05, 0.1) is 14.2 Å². The van der Waals surface area contributed by atoms with Crippen LogP contribution < -0.4 is 14.8 Å². The van der Waals surface area contributed by atoms with Crippen LogP contribution >= 0.6 is 31.9 Å². The second kappa shape index (κ2) is 7.04. The minimum atomic E-state index is 0.00794. The smallest absolute Gasteiger partial charge is 0.200 e. The van der Waals surface area contributed by atoms with Gasteiger partial charge in [-0.3, -0.25) is 0 Å². The van der Waals surface area contributed by atoms with E-state index in [0.29, 0.717) is 18.0 Å². The van der Waals surface area contributed by atoms with Gasteiger partial charge in [0.2, 0.25) is 5.75 Å². The van der Waals surface area contributed by atoms with Crippen LogP contribution in [0.2, 0.25) is 0 Å². The number of methoxy groups -OCH3 is 2. The first-order chi connectivity index (χ1) is 10.0. The van der Waals surface area contributed by atoms with Gasteiger partial charge < -0.3 is 19.9 Å². The molecule has 0 bridgehead atoms. The maximum Gasteiger partial charge on any atom is 0.200 e. The third-order valence-corrected chi connectivity index (χ3v) is 4.10. The van der Waals surface area contributed by atoms with Crippen molar-refractivity contribution in [1.29, 1.82) is 0 Å². The Morgan fingerprint density at radius 2 is 1.67 bits per heavy atom. The highest BCUT2D eigenvalue weighted by atomic mass is 79.9. The number of anilines is 1. The lowest BCUT2D eigenvalue weighted by molar-refractivity contribution is 0.339. The number of halogens is 2. The molecule has 0 aromatic heterocycles. The van der Waals surface area contributed by atoms with Gasteiger partial charge in [-0.25, -0.2) is 0 Å². The summed E-state index contributed by atoms with van der Waals surface area (Å²) in [6, 6.07) is 9.46. The molecule has 0 spiro atoms. The number of hydrogen-bond donors (Lipinski definition) is 2. The zero-order valence-electron chi connectivity index (χ0n) is 11.6. The molecule has 6 heteroatoms. The van der Waals surface area contributed by atoms with E-state index in [1.807, 2.05) is 18.2 Å². The van der Waals surface area contributed by atoms with E-state index < -0.39 is 0 Å². The predicted octanol–water partition coefficient (Wildman–Crippen LogP) is 4.55. The van der Waals surface area contributed by atoms with E-state index >= 15 is 0 Å². The summed E-state index contributed by atoms with van der Waals surface area (Å²) >= 11 is 6.93. The van der Waals surface area contributed by atoms with Crippen LogP contribution in [-0.2, 0) is 6.54 Å². The topological polar surface area (TPSA) is 50.7 Å². The number of benzene rings is 2. The number of ether oxygens (including phenoxy) is 2. The maximum absolute atomic E-state index is 9.89. The molecule has 2 N–H and O–H groups in total. The van der Waals surface area contributed by atoms with Gasteiger partial charge in [0, 0.05) is 21.2 Å². The van der Waals surface area contributed by atoms with Crippen molar-refractivity contribution in [3.8, 4) is 17.2 Å². The Balaban J connectivity index is 2.19. The van der Waals surface area contributed by atoms with Gasteiger partial charge in [-0.05, 0) is 51.8 Å². The van der Waals surface area contributed by atoms with Crippen LogP contribution in [0.4, 0.5) is 5.69 Å². The summed E-state index contributed by atoms with van der Waals surface area (Å²) in [6.45, 7) is 0.577. The minimum Gasteiger partial charge on any atom is -0.502 e. The van der Waals surface area contributed by atoms with Crippen LogP contribution in [0, 0.1) is 0 Å². The van der Waals surface area contributed by atoms with Gasteiger partial charge in [-0.15, -0.1) is 0 Å². The van der Waals surface area contributed by atoms with Crippen molar-refractivity contribution in [1.82, 2.24) is 0 Å². The highest BCUT2D eigenvalue weighted by molar-refractivity contribution is 9.11. The maximum atomic E-state index is 9.89. The first kappa shape index (κ1) is 16.0. The molecule has 0 unspecified atom stereocenters. The molecule has 0 radical (unpaired) electrons. The van der Waals surface area contributed by atoms with Crippen LogP contribution in [0.1, 0.15) is 5.56 Å². The van der Waals surface area contributed by atoms with Crippen LogP contribution in [-0.4, -0.2) is 19.3 Å². The summed E-state index contributed by atoms with van der Waals surface area (Å²) in [5.41, 5.74) is 1.92. The van der Waals surface area contributed by atoms with E-state index in [0.717, 1.165) is 20.2 Å². The van der Waals surface area contributed by atoms with Gasteiger partial charge in [0.1, 0.15) is 0 Å². The van der Waals surface area contributed by atoms with E-state index in [1.165, 1.54) is 14.2 Å². The molecule has 2 rings (SSSR count). The SMILES string of the molecule is COc1cc(CNc2ccc(Br)cc2Br)cc(OC)c1O. The number of phenolic OH excluding ortho intramolecular Hbond substituents is 1. The molecule has 0 saturated heterocycles. The summed E-state index contributed by atoms with van der Waals surface area (Å²) in [5.74, 6) is 0.788. The Labute approximate surface area is 140 Å². The van der Waals surface area contributed by atoms with E-state index in [9.17, 15) is 5.11 Å². The summed E-state index contributed by atoms with van der Waals surface area (Å²) < 4.78 is 12.3. The molecule has 0 amide bonds.